The second kappa shape index (κ2) is 8.08. The fourth-order valence-electron chi connectivity index (χ4n) is 3.38. The number of carbonyl (C=O) groups is 2. The number of carbonyl (C=O) groups excluding carboxylic acids is 2. The van der Waals surface area contributed by atoms with Crippen LogP contribution >= 0.6 is 11.6 Å². The highest BCUT2D eigenvalue weighted by molar-refractivity contribution is 6.30. The molecule has 4 rings (SSSR count). The van der Waals surface area contributed by atoms with Crippen LogP contribution in [0.1, 0.15) is 12.5 Å². The summed E-state index contributed by atoms with van der Waals surface area (Å²) < 4.78 is 12.2. The molecule has 8 nitrogen and oxygen atoms in total. The SMILES string of the molecule is COc1ccc(-c2cnn3c2NC(=O)CC3C(=O)Nc2cccc(Cl)c2)cc1OC. The van der Waals surface area contributed by atoms with Crippen molar-refractivity contribution < 1.29 is 19.1 Å². The van der Waals surface area contributed by atoms with E-state index < -0.39 is 6.04 Å². The van der Waals surface area contributed by atoms with Crippen molar-refractivity contribution in [3.63, 3.8) is 0 Å². The van der Waals surface area contributed by atoms with Gasteiger partial charge in [0.2, 0.25) is 11.8 Å². The van der Waals surface area contributed by atoms with Gasteiger partial charge in [0, 0.05) is 16.3 Å². The number of aromatic nitrogens is 2. The molecule has 2 heterocycles. The normalized spacial score (nSPS) is 15.2. The number of methoxy groups -OCH3 is 2. The van der Waals surface area contributed by atoms with Crippen LogP contribution in [-0.4, -0.2) is 35.8 Å². The fourth-order valence-corrected chi connectivity index (χ4v) is 3.57. The summed E-state index contributed by atoms with van der Waals surface area (Å²) >= 11 is 5.98. The molecule has 1 atom stereocenters. The Morgan fingerprint density at radius 1 is 1.20 bits per heavy atom. The number of amides is 2. The zero-order valence-electron chi connectivity index (χ0n) is 16.3. The minimum absolute atomic E-state index is 0.0214. The Morgan fingerprint density at radius 2 is 2.00 bits per heavy atom. The van der Waals surface area contributed by atoms with Crippen LogP contribution in [-0.2, 0) is 9.59 Å². The molecule has 0 radical (unpaired) electrons. The topological polar surface area (TPSA) is 94.5 Å². The van der Waals surface area contributed by atoms with E-state index in [0.29, 0.717) is 33.6 Å². The quantitative estimate of drug-likeness (QED) is 0.648. The molecule has 0 saturated heterocycles. The van der Waals surface area contributed by atoms with E-state index in [0.717, 1.165) is 5.56 Å². The van der Waals surface area contributed by atoms with Crippen molar-refractivity contribution in [1.29, 1.82) is 0 Å². The molecule has 9 heteroatoms. The first kappa shape index (κ1) is 19.8. The molecule has 1 aliphatic heterocycles. The lowest BCUT2D eigenvalue weighted by atomic mass is 10.1. The first-order chi connectivity index (χ1) is 14.5. The van der Waals surface area contributed by atoms with Crippen molar-refractivity contribution in [3.8, 4) is 22.6 Å². The summed E-state index contributed by atoms with van der Waals surface area (Å²) in [5, 5.41) is 10.5. The van der Waals surface area contributed by atoms with Crippen LogP contribution in [0.4, 0.5) is 11.5 Å². The van der Waals surface area contributed by atoms with E-state index >= 15 is 0 Å². The minimum Gasteiger partial charge on any atom is -0.493 e. The average molecular weight is 427 g/mol. The maximum atomic E-state index is 12.9. The van der Waals surface area contributed by atoms with E-state index in [-0.39, 0.29) is 18.2 Å². The van der Waals surface area contributed by atoms with Crippen LogP contribution in [0.2, 0.25) is 5.02 Å². The highest BCUT2D eigenvalue weighted by Gasteiger charge is 2.33. The van der Waals surface area contributed by atoms with Crippen LogP contribution in [0.5, 0.6) is 11.5 Å². The molecule has 154 valence electrons. The molecule has 3 aromatic rings. The monoisotopic (exact) mass is 426 g/mol. The third-order valence-electron chi connectivity index (χ3n) is 4.82. The lowest BCUT2D eigenvalue weighted by Gasteiger charge is -2.24. The Bertz CT molecular complexity index is 1130. The molecular weight excluding hydrogens is 408 g/mol. The van der Waals surface area contributed by atoms with Crippen LogP contribution in [0.15, 0.2) is 48.7 Å². The van der Waals surface area contributed by atoms with E-state index in [1.807, 2.05) is 6.07 Å². The lowest BCUT2D eigenvalue weighted by molar-refractivity contribution is -0.125. The third kappa shape index (κ3) is 3.69. The van der Waals surface area contributed by atoms with Gasteiger partial charge in [0.15, 0.2) is 11.5 Å². The first-order valence-electron chi connectivity index (χ1n) is 9.16. The van der Waals surface area contributed by atoms with Crippen LogP contribution < -0.4 is 20.1 Å². The van der Waals surface area contributed by atoms with Gasteiger partial charge in [-0.05, 0) is 35.9 Å². The molecule has 2 aromatic carbocycles. The smallest absolute Gasteiger partial charge is 0.249 e. The molecule has 1 unspecified atom stereocenters. The van der Waals surface area contributed by atoms with Crippen molar-refractivity contribution in [1.82, 2.24) is 9.78 Å². The van der Waals surface area contributed by atoms with Crippen molar-refractivity contribution in [2.24, 2.45) is 0 Å². The van der Waals surface area contributed by atoms with Crippen molar-refractivity contribution in [2.75, 3.05) is 24.9 Å². The molecule has 0 bridgehead atoms. The summed E-state index contributed by atoms with van der Waals surface area (Å²) in [5.41, 5.74) is 1.99. The van der Waals surface area contributed by atoms with E-state index in [2.05, 4.69) is 15.7 Å². The second-order valence-corrected chi connectivity index (χ2v) is 7.13. The van der Waals surface area contributed by atoms with Crippen molar-refractivity contribution >= 4 is 34.9 Å². The van der Waals surface area contributed by atoms with Gasteiger partial charge < -0.3 is 20.1 Å². The molecule has 0 aliphatic carbocycles. The van der Waals surface area contributed by atoms with Gasteiger partial charge in [0.05, 0.1) is 26.8 Å². The maximum Gasteiger partial charge on any atom is 0.249 e. The molecular formula is C21H19ClN4O4. The first-order valence-corrected chi connectivity index (χ1v) is 9.54. The maximum absolute atomic E-state index is 12.9. The number of fused-ring (bicyclic) bond motifs is 1. The predicted molar refractivity (Wildman–Crippen MR) is 113 cm³/mol. The predicted octanol–water partition coefficient (Wildman–Crippen LogP) is 3.74. The van der Waals surface area contributed by atoms with E-state index in [4.69, 9.17) is 21.1 Å². The summed E-state index contributed by atoms with van der Waals surface area (Å²) in [6.07, 6.45) is 1.59. The second-order valence-electron chi connectivity index (χ2n) is 6.69. The number of hydrogen-bond donors (Lipinski definition) is 2. The molecule has 1 aromatic heterocycles. The molecule has 0 saturated carbocycles. The third-order valence-corrected chi connectivity index (χ3v) is 5.05. The van der Waals surface area contributed by atoms with Crippen molar-refractivity contribution in [3.05, 3.63) is 53.7 Å². The number of nitrogens with zero attached hydrogens (tertiary/aromatic N) is 2. The molecule has 30 heavy (non-hydrogen) atoms. The van der Waals surface area contributed by atoms with Crippen LogP contribution in [0.25, 0.3) is 11.1 Å². The standard InChI is InChI=1S/C21H19ClN4O4/c1-29-17-7-6-12(8-18(17)30-2)15-11-23-26-16(10-19(27)25-20(15)26)21(28)24-14-5-3-4-13(22)9-14/h3-9,11,16H,10H2,1-2H3,(H,24,28)(H,25,27). The largest absolute Gasteiger partial charge is 0.493 e. The van der Waals surface area contributed by atoms with E-state index in [1.54, 1.807) is 56.8 Å². The number of hydrogen-bond acceptors (Lipinski definition) is 5. The van der Waals surface area contributed by atoms with Gasteiger partial charge in [-0.1, -0.05) is 23.7 Å². The molecule has 2 amide bonds. The molecule has 1 aliphatic rings. The summed E-state index contributed by atoms with van der Waals surface area (Å²) in [6.45, 7) is 0. The van der Waals surface area contributed by atoms with Crippen molar-refractivity contribution in [2.45, 2.75) is 12.5 Å². The Kier molecular flexibility index (Phi) is 5.33. The number of nitrogens with one attached hydrogen (secondary N) is 2. The summed E-state index contributed by atoms with van der Waals surface area (Å²) in [4.78, 5) is 25.2. The van der Waals surface area contributed by atoms with Gasteiger partial charge in [-0.15, -0.1) is 0 Å². The summed E-state index contributed by atoms with van der Waals surface area (Å²) in [5.74, 6) is 0.966. The zero-order valence-corrected chi connectivity index (χ0v) is 17.1. The van der Waals surface area contributed by atoms with Gasteiger partial charge in [0.1, 0.15) is 11.9 Å². The minimum atomic E-state index is -0.790. The number of rotatable bonds is 5. The highest BCUT2D eigenvalue weighted by Crippen LogP contribution is 2.38. The number of anilines is 2. The zero-order chi connectivity index (χ0) is 21.3. The Morgan fingerprint density at radius 3 is 2.73 bits per heavy atom. The lowest BCUT2D eigenvalue weighted by Crippen LogP contribution is -2.35. The summed E-state index contributed by atoms with van der Waals surface area (Å²) in [7, 11) is 3.11. The average Bonchev–Trinajstić information content (AvgIpc) is 3.16. The van der Waals surface area contributed by atoms with E-state index in [1.165, 1.54) is 4.68 Å². The Hall–Kier alpha value is -3.52. The van der Waals surface area contributed by atoms with Gasteiger partial charge in [-0.2, -0.15) is 5.10 Å². The van der Waals surface area contributed by atoms with Crippen LogP contribution in [0.3, 0.4) is 0 Å². The number of halogens is 1. The van der Waals surface area contributed by atoms with Gasteiger partial charge in [-0.3, -0.25) is 9.59 Å². The number of ether oxygens (including phenoxy) is 2. The highest BCUT2D eigenvalue weighted by atomic mass is 35.5. The summed E-state index contributed by atoms with van der Waals surface area (Å²) in [6, 6.07) is 11.4. The van der Waals surface area contributed by atoms with Gasteiger partial charge >= 0.3 is 0 Å². The fraction of sp³-hybridized carbons (Fsp3) is 0.190. The van der Waals surface area contributed by atoms with Gasteiger partial charge in [0.25, 0.3) is 0 Å². The Balaban J connectivity index is 1.67. The number of benzene rings is 2. The molecule has 0 fully saturated rings. The van der Waals surface area contributed by atoms with Crippen LogP contribution in [0, 0.1) is 0 Å². The Labute approximate surface area is 177 Å². The van der Waals surface area contributed by atoms with Gasteiger partial charge in [-0.25, -0.2) is 4.68 Å². The molecule has 2 N–H and O–H groups in total. The van der Waals surface area contributed by atoms with E-state index in [9.17, 15) is 9.59 Å². The molecule has 0 spiro atoms.